The summed E-state index contributed by atoms with van der Waals surface area (Å²) in [6.07, 6.45) is -5.84. The highest BCUT2D eigenvalue weighted by Gasteiger charge is 2.51. The second-order valence-electron chi connectivity index (χ2n) is 5.04. The zero-order valence-electron chi connectivity index (χ0n) is 11.4. The number of Topliss-reactive ketones (excluding diaryl/α,β-unsaturated/α-hetero) is 1. The maximum Gasteiger partial charge on any atom is 0.419 e. The van der Waals surface area contributed by atoms with Crippen LogP contribution in [0, 0.1) is 5.82 Å². The van der Waals surface area contributed by atoms with E-state index in [-0.39, 0.29) is 12.8 Å². The Morgan fingerprint density at radius 2 is 1.95 bits per heavy atom. The molecule has 1 unspecified atom stereocenters. The molecule has 1 saturated carbocycles. The molecule has 1 aliphatic rings. The minimum absolute atomic E-state index is 0.0684. The van der Waals surface area contributed by atoms with Gasteiger partial charge in [-0.25, -0.2) is 9.18 Å². The van der Waals surface area contributed by atoms with Crippen LogP contribution in [0.25, 0.3) is 0 Å². The number of rotatable bonds is 2. The highest BCUT2D eigenvalue weighted by atomic mass is 19.4. The summed E-state index contributed by atoms with van der Waals surface area (Å²) in [5.74, 6) is -2.25. The molecular formula is C14H13F4NO3. The second-order valence-corrected chi connectivity index (χ2v) is 5.04. The zero-order valence-corrected chi connectivity index (χ0v) is 11.4. The quantitative estimate of drug-likeness (QED) is 0.851. The summed E-state index contributed by atoms with van der Waals surface area (Å²) in [7, 11) is 0. The average Bonchev–Trinajstić information content (AvgIpc) is 2.39. The number of halogens is 4. The number of ketones is 1. The van der Waals surface area contributed by atoms with Crippen molar-refractivity contribution in [2.75, 3.05) is 0 Å². The molecule has 22 heavy (non-hydrogen) atoms. The van der Waals surface area contributed by atoms with Crippen LogP contribution in [0.4, 0.5) is 22.4 Å². The van der Waals surface area contributed by atoms with Gasteiger partial charge in [-0.1, -0.05) is 12.1 Å². The predicted molar refractivity (Wildman–Crippen MR) is 67.2 cm³/mol. The summed E-state index contributed by atoms with van der Waals surface area (Å²) >= 11 is 0. The van der Waals surface area contributed by atoms with Gasteiger partial charge >= 0.3 is 12.3 Å². The van der Waals surface area contributed by atoms with Crippen LogP contribution in [-0.2, 0) is 21.3 Å². The second kappa shape index (κ2) is 5.58. The lowest BCUT2D eigenvalue weighted by atomic mass is 9.76. The van der Waals surface area contributed by atoms with Gasteiger partial charge < -0.3 is 10.5 Å². The van der Waals surface area contributed by atoms with E-state index < -0.39 is 40.6 Å². The maximum absolute atomic E-state index is 13.7. The Hall–Kier alpha value is -2.12. The number of nitrogens with two attached hydrogens (primary N) is 1. The van der Waals surface area contributed by atoms with Gasteiger partial charge in [0.25, 0.3) is 0 Å². The minimum Gasteiger partial charge on any atom is -0.430 e. The first kappa shape index (κ1) is 16.3. The Balaban J connectivity index is 2.70. The minimum atomic E-state index is -5.04. The van der Waals surface area contributed by atoms with Crippen molar-refractivity contribution in [2.45, 2.75) is 37.5 Å². The molecule has 0 heterocycles. The molecule has 2 N–H and O–H groups in total. The van der Waals surface area contributed by atoms with Crippen molar-refractivity contribution < 1.29 is 31.9 Å². The molecule has 0 radical (unpaired) electrons. The number of benzene rings is 1. The predicted octanol–water partition coefficient (Wildman–Crippen LogP) is 3.28. The summed E-state index contributed by atoms with van der Waals surface area (Å²) in [6.45, 7) is 0. The highest BCUT2D eigenvalue weighted by molar-refractivity contribution is 5.91. The lowest BCUT2D eigenvalue weighted by molar-refractivity contribution is -0.150. The fourth-order valence-corrected chi connectivity index (χ4v) is 2.77. The normalized spacial score (nSPS) is 22.5. The molecule has 2 rings (SSSR count). The molecule has 0 bridgehead atoms. The molecule has 0 spiro atoms. The van der Waals surface area contributed by atoms with E-state index in [2.05, 4.69) is 0 Å². The molecule has 1 amide bonds. The molecule has 1 aromatic rings. The fraction of sp³-hybridized carbons (Fsp3) is 0.429. The number of ether oxygens (including phenoxy) is 1. The first-order valence-electron chi connectivity index (χ1n) is 6.56. The third-order valence-electron chi connectivity index (χ3n) is 3.64. The maximum atomic E-state index is 13.7. The number of carbonyl (C=O) groups excluding carboxylic acids is 2. The van der Waals surface area contributed by atoms with Gasteiger partial charge in [-0.3, -0.25) is 4.79 Å². The molecule has 120 valence electrons. The Labute approximate surface area is 123 Å². The molecule has 0 saturated heterocycles. The van der Waals surface area contributed by atoms with Gasteiger partial charge in [-0.05, 0) is 25.3 Å². The molecule has 4 nitrogen and oxygen atoms in total. The number of amides is 1. The van der Waals surface area contributed by atoms with Crippen molar-refractivity contribution in [1.82, 2.24) is 0 Å². The van der Waals surface area contributed by atoms with E-state index in [0.29, 0.717) is 18.9 Å². The first-order chi connectivity index (χ1) is 10.2. The summed E-state index contributed by atoms with van der Waals surface area (Å²) < 4.78 is 58.1. The zero-order chi connectivity index (χ0) is 16.5. The van der Waals surface area contributed by atoms with Gasteiger partial charge in [0.2, 0.25) is 0 Å². The summed E-state index contributed by atoms with van der Waals surface area (Å²) in [5.41, 5.74) is 0.423. The van der Waals surface area contributed by atoms with Crippen molar-refractivity contribution in [2.24, 2.45) is 5.73 Å². The van der Waals surface area contributed by atoms with E-state index in [9.17, 15) is 27.2 Å². The Morgan fingerprint density at radius 3 is 2.50 bits per heavy atom. The molecule has 1 aromatic carbocycles. The van der Waals surface area contributed by atoms with Gasteiger partial charge in [0.1, 0.15) is 5.82 Å². The van der Waals surface area contributed by atoms with Crippen LogP contribution in [0.1, 0.15) is 36.8 Å². The van der Waals surface area contributed by atoms with Gasteiger partial charge in [0.05, 0.1) is 5.56 Å². The number of hydrogen-bond acceptors (Lipinski definition) is 3. The van der Waals surface area contributed by atoms with E-state index in [0.717, 1.165) is 12.1 Å². The summed E-state index contributed by atoms with van der Waals surface area (Å²) in [4.78, 5) is 23.3. The standard InChI is InChI=1S/C14H13F4NO3/c15-9-5-3-4-8(11(9)14(16,17)18)13(22-12(19)21)7-2-1-6-10(13)20/h3-5H,1-2,6-7H2,(H2,19,21). The topological polar surface area (TPSA) is 69.4 Å². The Kier molecular flexibility index (Phi) is 4.12. The van der Waals surface area contributed by atoms with Crippen LogP contribution >= 0.6 is 0 Å². The van der Waals surface area contributed by atoms with Crippen LogP contribution in [0.2, 0.25) is 0 Å². The van der Waals surface area contributed by atoms with Crippen molar-refractivity contribution in [3.05, 3.63) is 35.1 Å². The van der Waals surface area contributed by atoms with E-state index >= 15 is 0 Å². The summed E-state index contributed by atoms with van der Waals surface area (Å²) in [6, 6.07) is 2.61. The molecule has 1 fully saturated rings. The lowest BCUT2D eigenvalue weighted by Gasteiger charge is -2.36. The van der Waals surface area contributed by atoms with Crippen molar-refractivity contribution in [1.29, 1.82) is 0 Å². The molecule has 8 heteroatoms. The number of hydrogen-bond donors (Lipinski definition) is 1. The lowest BCUT2D eigenvalue weighted by Crippen LogP contribution is -2.45. The Morgan fingerprint density at radius 1 is 1.27 bits per heavy atom. The van der Waals surface area contributed by atoms with E-state index in [1.54, 1.807) is 0 Å². The molecule has 0 aromatic heterocycles. The van der Waals surface area contributed by atoms with Crippen LogP contribution in [-0.4, -0.2) is 11.9 Å². The van der Waals surface area contributed by atoms with E-state index in [1.807, 2.05) is 0 Å². The monoisotopic (exact) mass is 319 g/mol. The average molecular weight is 319 g/mol. The number of primary amides is 1. The Bertz CT molecular complexity index is 615. The molecular weight excluding hydrogens is 306 g/mol. The van der Waals surface area contributed by atoms with Gasteiger partial charge in [-0.15, -0.1) is 0 Å². The third-order valence-corrected chi connectivity index (χ3v) is 3.64. The number of alkyl halides is 3. The molecule has 0 aliphatic heterocycles. The van der Waals surface area contributed by atoms with Crippen LogP contribution in [0.15, 0.2) is 18.2 Å². The SMILES string of the molecule is NC(=O)OC1(c2cccc(F)c2C(F)(F)F)CCCCC1=O. The number of carbonyl (C=O) groups is 2. The molecule has 1 aliphatic carbocycles. The van der Waals surface area contributed by atoms with Crippen LogP contribution in [0.3, 0.4) is 0 Å². The highest BCUT2D eigenvalue weighted by Crippen LogP contribution is 2.45. The van der Waals surface area contributed by atoms with Crippen molar-refractivity contribution in [3.63, 3.8) is 0 Å². The smallest absolute Gasteiger partial charge is 0.419 e. The van der Waals surface area contributed by atoms with Crippen molar-refractivity contribution >= 4 is 11.9 Å². The summed E-state index contributed by atoms with van der Waals surface area (Å²) in [5, 5.41) is 0. The van der Waals surface area contributed by atoms with Crippen molar-refractivity contribution in [3.8, 4) is 0 Å². The largest absolute Gasteiger partial charge is 0.430 e. The first-order valence-corrected chi connectivity index (χ1v) is 6.56. The molecule has 1 atom stereocenters. The van der Waals surface area contributed by atoms with E-state index in [1.165, 1.54) is 0 Å². The fourth-order valence-electron chi connectivity index (χ4n) is 2.77. The van der Waals surface area contributed by atoms with Gasteiger partial charge in [0, 0.05) is 12.0 Å². The third kappa shape index (κ3) is 2.77. The van der Waals surface area contributed by atoms with E-state index in [4.69, 9.17) is 10.5 Å². The van der Waals surface area contributed by atoms with Crippen LogP contribution in [0.5, 0.6) is 0 Å². The van der Waals surface area contributed by atoms with Crippen LogP contribution < -0.4 is 5.73 Å². The van der Waals surface area contributed by atoms with Gasteiger partial charge in [0.15, 0.2) is 11.4 Å². The van der Waals surface area contributed by atoms with Gasteiger partial charge in [-0.2, -0.15) is 13.2 Å².